The number of hydrogen-bond acceptors (Lipinski definition) is 2. The summed E-state index contributed by atoms with van der Waals surface area (Å²) in [5, 5.41) is 10.3. The van der Waals surface area contributed by atoms with E-state index in [0.29, 0.717) is 17.9 Å². The molecule has 3 rings (SSSR count). The van der Waals surface area contributed by atoms with Crippen molar-refractivity contribution in [1.29, 1.82) is 0 Å². The van der Waals surface area contributed by atoms with Gasteiger partial charge in [-0.25, -0.2) is 0 Å². The van der Waals surface area contributed by atoms with Crippen LogP contribution in [0.15, 0.2) is 30.3 Å². The van der Waals surface area contributed by atoms with Crippen LogP contribution in [0.3, 0.4) is 0 Å². The summed E-state index contributed by atoms with van der Waals surface area (Å²) in [5.74, 6) is 1.06. The van der Waals surface area contributed by atoms with Crippen LogP contribution in [-0.2, 0) is 4.74 Å². The van der Waals surface area contributed by atoms with E-state index < -0.39 is 0 Å². The first-order chi connectivity index (χ1) is 9.34. The Bertz CT molecular complexity index is 384. The molecule has 1 saturated carbocycles. The molecule has 1 aromatic carbocycles. The van der Waals surface area contributed by atoms with E-state index in [9.17, 15) is 5.11 Å². The molecule has 2 aliphatic rings. The number of rotatable bonds is 5. The lowest BCUT2D eigenvalue weighted by Gasteiger charge is -2.23. The van der Waals surface area contributed by atoms with E-state index in [2.05, 4.69) is 30.3 Å². The normalized spacial score (nSPS) is 31.9. The van der Waals surface area contributed by atoms with Crippen LogP contribution in [0.2, 0.25) is 0 Å². The number of hydrogen-bond donors (Lipinski definition) is 1. The molecule has 1 heterocycles. The topological polar surface area (TPSA) is 29.5 Å². The van der Waals surface area contributed by atoms with Crippen molar-refractivity contribution in [2.75, 3.05) is 6.61 Å². The predicted molar refractivity (Wildman–Crippen MR) is 76.1 cm³/mol. The fraction of sp³-hybridized carbons (Fsp3) is 0.647. The minimum Gasteiger partial charge on any atom is -0.393 e. The summed E-state index contributed by atoms with van der Waals surface area (Å²) in [6.07, 6.45) is 7.01. The van der Waals surface area contributed by atoms with Crippen molar-refractivity contribution in [3.8, 4) is 0 Å². The van der Waals surface area contributed by atoms with E-state index in [1.807, 2.05) is 0 Å². The molecule has 1 N–H and O–H groups in total. The summed E-state index contributed by atoms with van der Waals surface area (Å²) < 4.78 is 5.73. The number of aliphatic hydroxyl groups excluding tert-OH is 1. The largest absolute Gasteiger partial charge is 0.393 e. The molecule has 0 amide bonds. The van der Waals surface area contributed by atoms with Gasteiger partial charge in [0.25, 0.3) is 0 Å². The van der Waals surface area contributed by atoms with Gasteiger partial charge >= 0.3 is 0 Å². The van der Waals surface area contributed by atoms with Gasteiger partial charge in [-0.1, -0.05) is 30.3 Å². The van der Waals surface area contributed by atoms with Crippen molar-refractivity contribution in [3.05, 3.63) is 35.9 Å². The van der Waals surface area contributed by atoms with Gasteiger partial charge in [0.15, 0.2) is 0 Å². The van der Waals surface area contributed by atoms with Gasteiger partial charge in [0.2, 0.25) is 0 Å². The lowest BCUT2D eigenvalue weighted by Crippen LogP contribution is -2.21. The zero-order chi connectivity index (χ0) is 13.1. The molecule has 2 fully saturated rings. The molecule has 1 saturated heterocycles. The third kappa shape index (κ3) is 3.37. The predicted octanol–water partition coefficient (Wildman–Crippen LogP) is 3.50. The van der Waals surface area contributed by atoms with Crippen molar-refractivity contribution >= 4 is 0 Å². The second-order valence-corrected chi connectivity index (χ2v) is 6.05. The minimum atomic E-state index is -0.143. The van der Waals surface area contributed by atoms with Gasteiger partial charge in [0.05, 0.1) is 12.2 Å². The Kier molecular flexibility index (Phi) is 4.19. The standard InChI is InChI=1S/C17H24O2/c18-17(10-9-14-8-4-5-11-19-14)16-12-15(16)13-6-2-1-3-7-13/h1-3,6-7,14-18H,4-5,8-12H2. The van der Waals surface area contributed by atoms with Crippen LogP contribution in [0.5, 0.6) is 0 Å². The van der Waals surface area contributed by atoms with Crippen molar-refractivity contribution in [2.45, 2.75) is 56.7 Å². The second kappa shape index (κ2) is 6.06. The van der Waals surface area contributed by atoms with Crippen LogP contribution < -0.4 is 0 Å². The average Bonchev–Trinajstić information content (AvgIpc) is 3.27. The zero-order valence-corrected chi connectivity index (χ0v) is 11.5. The van der Waals surface area contributed by atoms with E-state index in [-0.39, 0.29) is 6.10 Å². The Hall–Kier alpha value is -0.860. The van der Waals surface area contributed by atoms with Crippen LogP contribution in [-0.4, -0.2) is 23.9 Å². The first-order valence-electron chi connectivity index (χ1n) is 7.69. The summed E-state index contributed by atoms with van der Waals surface area (Å²) in [5.41, 5.74) is 1.39. The van der Waals surface area contributed by atoms with Crippen molar-refractivity contribution in [1.82, 2.24) is 0 Å². The van der Waals surface area contributed by atoms with E-state index in [0.717, 1.165) is 25.9 Å². The monoisotopic (exact) mass is 260 g/mol. The number of ether oxygens (including phenoxy) is 1. The van der Waals surface area contributed by atoms with Gasteiger partial charge in [0, 0.05) is 6.61 Å². The average molecular weight is 260 g/mol. The van der Waals surface area contributed by atoms with Crippen LogP contribution in [0, 0.1) is 5.92 Å². The highest BCUT2D eigenvalue weighted by molar-refractivity contribution is 5.26. The van der Waals surface area contributed by atoms with Crippen molar-refractivity contribution in [3.63, 3.8) is 0 Å². The van der Waals surface area contributed by atoms with Gasteiger partial charge in [-0.05, 0) is 55.9 Å². The fourth-order valence-electron chi connectivity index (χ4n) is 3.33. The molecule has 0 radical (unpaired) electrons. The molecular weight excluding hydrogens is 236 g/mol. The van der Waals surface area contributed by atoms with Crippen LogP contribution in [0.25, 0.3) is 0 Å². The Morgan fingerprint density at radius 2 is 2.05 bits per heavy atom. The quantitative estimate of drug-likeness (QED) is 0.878. The lowest BCUT2D eigenvalue weighted by molar-refractivity contribution is 0.000542. The number of benzene rings is 1. The molecule has 0 bridgehead atoms. The van der Waals surface area contributed by atoms with Crippen LogP contribution >= 0.6 is 0 Å². The zero-order valence-electron chi connectivity index (χ0n) is 11.5. The molecular formula is C17H24O2. The smallest absolute Gasteiger partial charge is 0.0576 e. The molecule has 4 unspecified atom stereocenters. The summed E-state index contributed by atoms with van der Waals surface area (Å²) in [6.45, 7) is 0.914. The first-order valence-corrected chi connectivity index (χ1v) is 7.69. The third-order valence-corrected chi connectivity index (χ3v) is 4.62. The highest BCUT2D eigenvalue weighted by Crippen LogP contribution is 2.50. The Morgan fingerprint density at radius 1 is 1.21 bits per heavy atom. The summed E-state index contributed by atoms with van der Waals surface area (Å²) in [6, 6.07) is 10.6. The summed E-state index contributed by atoms with van der Waals surface area (Å²) in [7, 11) is 0. The van der Waals surface area contributed by atoms with E-state index >= 15 is 0 Å². The summed E-state index contributed by atoms with van der Waals surface area (Å²) in [4.78, 5) is 0. The molecule has 1 aliphatic carbocycles. The SMILES string of the molecule is OC(CCC1CCCCO1)C1CC1c1ccccc1. The highest BCUT2D eigenvalue weighted by Gasteiger charge is 2.42. The maximum atomic E-state index is 10.3. The van der Waals surface area contributed by atoms with Gasteiger partial charge in [-0.3, -0.25) is 0 Å². The van der Waals surface area contributed by atoms with Gasteiger partial charge in [-0.15, -0.1) is 0 Å². The summed E-state index contributed by atoms with van der Waals surface area (Å²) >= 11 is 0. The Morgan fingerprint density at radius 3 is 2.79 bits per heavy atom. The molecule has 2 heteroatoms. The molecule has 2 nitrogen and oxygen atoms in total. The molecule has 1 aliphatic heterocycles. The molecule has 0 spiro atoms. The molecule has 4 atom stereocenters. The van der Waals surface area contributed by atoms with E-state index in [1.54, 1.807) is 0 Å². The fourth-order valence-corrected chi connectivity index (χ4v) is 3.33. The van der Waals surface area contributed by atoms with E-state index in [1.165, 1.54) is 24.8 Å². The van der Waals surface area contributed by atoms with Crippen molar-refractivity contribution < 1.29 is 9.84 Å². The van der Waals surface area contributed by atoms with Crippen LogP contribution in [0.4, 0.5) is 0 Å². The highest BCUT2D eigenvalue weighted by atomic mass is 16.5. The maximum absolute atomic E-state index is 10.3. The molecule has 104 valence electrons. The maximum Gasteiger partial charge on any atom is 0.0576 e. The minimum absolute atomic E-state index is 0.143. The van der Waals surface area contributed by atoms with Crippen LogP contribution in [0.1, 0.15) is 50.0 Å². The Labute approximate surface area is 115 Å². The van der Waals surface area contributed by atoms with E-state index in [4.69, 9.17) is 4.74 Å². The van der Waals surface area contributed by atoms with Gasteiger partial charge < -0.3 is 9.84 Å². The Balaban J connectivity index is 1.43. The second-order valence-electron chi connectivity index (χ2n) is 6.05. The third-order valence-electron chi connectivity index (χ3n) is 4.62. The number of aliphatic hydroxyl groups is 1. The molecule has 0 aromatic heterocycles. The van der Waals surface area contributed by atoms with Gasteiger partial charge in [-0.2, -0.15) is 0 Å². The first kappa shape index (κ1) is 13.1. The molecule has 19 heavy (non-hydrogen) atoms. The van der Waals surface area contributed by atoms with Gasteiger partial charge in [0.1, 0.15) is 0 Å². The van der Waals surface area contributed by atoms with Crippen molar-refractivity contribution in [2.24, 2.45) is 5.92 Å². The lowest BCUT2D eigenvalue weighted by atomic mass is 9.99. The molecule has 1 aromatic rings.